The van der Waals surface area contributed by atoms with Gasteiger partial charge >= 0.3 is 11.8 Å². The standard InChI is InChI=1S/C21H21N3O3/c1-12-6-13(2)8-16(7-12)22-20(26)21(27)23-17-9-14-4-3-5-24-18(25)11-15(10-17)19(14)24/h6-10H,3-5,11H2,1-2H3,(H,22,26)(H,23,27). The number of rotatable bonds is 2. The summed E-state index contributed by atoms with van der Waals surface area (Å²) >= 11 is 0. The van der Waals surface area contributed by atoms with E-state index in [4.69, 9.17) is 0 Å². The zero-order chi connectivity index (χ0) is 19.1. The SMILES string of the molecule is Cc1cc(C)cc(NC(=O)C(=O)Nc2cc3c4c(c2)CC(=O)N4CCC3)c1. The molecule has 27 heavy (non-hydrogen) atoms. The van der Waals surface area contributed by atoms with Crippen molar-refractivity contribution < 1.29 is 14.4 Å². The predicted octanol–water partition coefficient (Wildman–Crippen LogP) is 2.72. The first-order valence-corrected chi connectivity index (χ1v) is 9.07. The van der Waals surface area contributed by atoms with Crippen molar-refractivity contribution in [3.05, 3.63) is 52.6 Å². The van der Waals surface area contributed by atoms with Gasteiger partial charge in [-0.3, -0.25) is 14.4 Å². The molecule has 2 N–H and O–H groups in total. The Hall–Kier alpha value is -3.15. The zero-order valence-corrected chi connectivity index (χ0v) is 15.4. The number of nitrogens with zero attached hydrogens (tertiary/aromatic N) is 1. The molecule has 2 aliphatic heterocycles. The third kappa shape index (κ3) is 3.30. The Morgan fingerprint density at radius 3 is 2.15 bits per heavy atom. The predicted molar refractivity (Wildman–Crippen MR) is 104 cm³/mol. The van der Waals surface area contributed by atoms with Gasteiger partial charge in [0.15, 0.2) is 0 Å². The van der Waals surface area contributed by atoms with E-state index in [2.05, 4.69) is 10.6 Å². The third-order valence-electron chi connectivity index (χ3n) is 4.95. The van der Waals surface area contributed by atoms with Crippen LogP contribution in [0.4, 0.5) is 17.1 Å². The lowest BCUT2D eigenvalue weighted by atomic mass is 9.99. The molecule has 0 bridgehead atoms. The summed E-state index contributed by atoms with van der Waals surface area (Å²) in [4.78, 5) is 38.5. The fourth-order valence-corrected chi connectivity index (χ4v) is 3.97. The number of amides is 3. The Labute approximate surface area is 157 Å². The van der Waals surface area contributed by atoms with Gasteiger partial charge in [-0.1, -0.05) is 6.07 Å². The van der Waals surface area contributed by atoms with E-state index in [1.165, 1.54) is 0 Å². The molecule has 0 aromatic heterocycles. The molecule has 0 aliphatic carbocycles. The third-order valence-corrected chi connectivity index (χ3v) is 4.95. The summed E-state index contributed by atoms with van der Waals surface area (Å²) < 4.78 is 0. The number of anilines is 3. The van der Waals surface area contributed by atoms with Gasteiger partial charge in [0.1, 0.15) is 0 Å². The number of carbonyl (C=O) groups is 3. The molecule has 3 amide bonds. The van der Waals surface area contributed by atoms with E-state index in [1.54, 1.807) is 6.07 Å². The smallest absolute Gasteiger partial charge is 0.314 e. The van der Waals surface area contributed by atoms with Crippen LogP contribution >= 0.6 is 0 Å². The lowest BCUT2D eigenvalue weighted by Crippen LogP contribution is -2.31. The van der Waals surface area contributed by atoms with Crippen LogP contribution in [0.15, 0.2) is 30.3 Å². The number of hydrogen-bond donors (Lipinski definition) is 2. The summed E-state index contributed by atoms with van der Waals surface area (Å²) in [5, 5.41) is 5.31. The molecule has 2 heterocycles. The van der Waals surface area contributed by atoms with Crippen LogP contribution in [0.25, 0.3) is 0 Å². The van der Waals surface area contributed by atoms with Crippen molar-refractivity contribution >= 4 is 34.8 Å². The maximum atomic E-state index is 12.3. The molecule has 6 heteroatoms. The second kappa shape index (κ2) is 6.54. The van der Waals surface area contributed by atoms with Crippen molar-refractivity contribution in [1.82, 2.24) is 0 Å². The van der Waals surface area contributed by atoms with E-state index in [0.29, 0.717) is 17.8 Å². The molecule has 6 nitrogen and oxygen atoms in total. The van der Waals surface area contributed by atoms with E-state index >= 15 is 0 Å². The molecule has 4 rings (SSSR count). The van der Waals surface area contributed by atoms with E-state index in [0.717, 1.165) is 47.3 Å². The zero-order valence-electron chi connectivity index (χ0n) is 15.4. The molecule has 2 aliphatic rings. The van der Waals surface area contributed by atoms with Crippen molar-refractivity contribution in [1.29, 1.82) is 0 Å². The quantitative estimate of drug-likeness (QED) is 0.806. The van der Waals surface area contributed by atoms with Crippen molar-refractivity contribution in [2.75, 3.05) is 22.1 Å². The van der Waals surface area contributed by atoms with Crippen LogP contribution in [-0.2, 0) is 27.2 Å². The number of carbonyl (C=O) groups excluding carboxylic acids is 3. The minimum Gasteiger partial charge on any atom is -0.318 e. The molecule has 2 aromatic carbocycles. The maximum absolute atomic E-state index is 12.3. The summed E-state index contributed by atoms with van der Waals surface area (Å²) in [6.45, 7) is 4.62. The minimum absolute atomic E-state index is 0.0991. The Bertz CT molecular complexity index is 961. The van der Waals surface area contributed by atoms with Gasteiger partial charge in [0.2, 0.25) is 5.91 Å². The van der Waals surface area contributed by atoms with Crippen LogP contribution < -0.4 is 15.5 Å². The number of aryl methyl sites for hydroxylation is 3. The highest BCUT2D eigenvalue weighted by Crippen LogP contribution is 2.38. The van der Waals surface area contributed by atoms with Crippen LogP contribution in [0.1, 0.15) is 28.7 Å². The van der Waals surface area contributed by atoms with Gasteiger partial charge in [0.25, 0.3) is 0 Å². The maximum Gasteiger partial charge on any atom is 0.314 e. The van der Waals surface area contributed by atoms with Gasteiger partial charge in [-0.2, -0.15) is 0 Å². The van der Waals surface area contributed by atoms with E-state index < -0.39 is 11.8 Å². The largest absolute Gasteiger partial charge is 0.318 e. The fourth-order valence-electron chi connectivity index (χ4n) is 3.97. The van der Waals surface area contributed by atoms with Crippen molar-refractivity contribution in [3.63, 3.8) is 0 Å². The Kier molecular flexibility index (Phi) is 4.18. The Balaban J connectivity index is 1.51. The number of hydrogen-bond acceptors (Lipinski definition) is 3. The molecular weight excluding hydrogens is 342 g/mol. The van der Waals surface area contributed by atoms with E-state index in [-0.39, 0.29) is 5.91 Å². The monoisotopic (exact) mass is 363 g/mol. The van der Waals surface area contributed by atoms with Gasteiger partial charge in [-0.25, -0.2) is 0 Å². The van der Waals surface area contributed by atoms with Crippen molar-refractivity contribution in [2.24, 2.45) is 0 Å². The van der Waals surface area contributed by atoms with Crippen LogP contribution in [0.3, 0.4) is 0 Å². The van der Waals surface area contributed by atoms with E-state index in [9.17, 15) is 14.4 Å². The first-order chi connectivity index (χ1) is 12.9. The first kappa shape index (κ1) is 17.3. The topological polar surface area (TPSA) is 78.5 Å². The molecule has 138 valence electrons. The Morgan fingerprint density at radius 1 is 0.889 bits per heavy atom. The highest BCUT2D eigenvalue weighted by Gasteiger charge is 2.32. The second-order valence-corrected chi connectivity index (χ2v) is 7.25. The lowest BCUT2D eigenvalue weighted by molar-refractivity contribution is -0.132. The summed E-state index contributed by atoms with van der Waals surface area (Å²) in [5.41, 5.74) is 6.13. The lowest BCUT2D eigenvalue weighted by Gasteiger charge is -2.26. The van der Waals surface area contributed by atoms with Gasteiger partial charge in [0, 0.05) is 17.9 Å². The fraction of sp³-hybridized carbons (Fsp3) is 0.286. The van der Waals surface area contributed by atoms with Gasteiger partial charge < -0.3 is 15.5 Å². The molecule has 0 atom stereocenters. The van der Waals surface area contributed by atoms with Crippen LogP contribution in [0, 0.1) is 13.8 Å². The number of benzene rings is 2. The molecule has 0 spiro atoms. The molecule has 0 unspecified atom stereocenters. The van der Waals surface area contributed by atoms with Gasteiger partial charge in [-0.05, 0) is 73.2 Å². The molecule has 0 saturated heterocycles. The van der Waals surface area contributed by atoms with Crippen molar-refractivity contribution in [2.45, 2.75) is 33.1 Å². The minimum atomic E-state index is -0.724. The van der Waals surface area contributed by atoms with Crippen LogP contribution in [-0.4, -0.2) is 24.3 Å². The molecule has 0 radical (unpaired) electrons. The average Bonchev–Trinajstić information content (AvgIpc) is 2.91. The molecule has 0 saturated carbocycles. The summed E-state index contributed by atoms with van der Waals surface area (Å²) in [7, 11) is 0. The highest BCUT2D eigenvalue weighted by atomic mass is 16.2. The Morgan fingerprint density at radius 2 is 1.48 bits per heavy atom. The van der Waals surface area contributed by atoms with E-state index in [1.807, 2.05) is 43.0 Å². The van der Waals surface area contributed by atoms with Crippen LogP contribution in [0.2, 0.25) is 0 Å². The van der Waals surface area contributed by atoms with Crippen LogP contribution in [0.5, 0.6) is 0 Å². The van der Waals surface area contributed by atoms with Gasteiger partial charge in [0.05, 0.1) is 12.1 Å². The molecule has 0 fully saturated rings. The second-order valence-electron chi connectivity index (χ2n) is 7.25. The molecule has 2 aromatic rings. The summed E-state index contributed by atoms with van der Waals surface area (Å²) in [6.07, 6.45) is 2.12. The summed E-state index contributed by atoms with van der Waals surface area (Å²) in [6, 6.07) is 9.29. The van der Waals surface area contributed by atoms with Crippen molar-refractivity contribution in [3.8, 4) is 0 Å². The average molecular weight is 363 g/mol. The normalized spacial score (nSPS) is 14.7. The highest BCUT2D eigenvalue weighted by molar-refractivity contribution is 6.43. The molecular formula is C21H21N3O3. The number of nitrogens with one attached hydrogen (secondary N) is 2. The van der Waals surface area contributed by atoms with Gasteiger partial charge in [-0.15, -0.1) is 0 Å². The summed E-state index contributed by atoms with van der Waals surface area (Å²) in [5.74, 6) is -1.34. The first-order valence-electron chi connectivity index (χ1n) is 9.07.